The predicted molar refractivity (Wildman–Crippen MR) is 170 cm³/mol. The molecule has 0 heterocycles. The number of hydrogen-bond acceptors (Lipinski definition) is 8. The van der Waals surface area contributed by atoms with E-state index < -0.39 is 89.0 Å². The van der Waals surface area contributed by atoms with E-state index in [1.54, 1.807) is 78.8 Å². The molecule has 0 aromatic heterocycles. The number of hydrogen-bond donors (Lipinski definition) is 4. The summed E-state index contributed by atoms with van der Waals surface area (Å²) in [6.07, 6.45) is -0.460. The maximum Gasteiger partial charge on any atom is 0.408 e. The number of Topliss-reactive ketones (excluding diaryl/α,β-unsaturated/α-hetero) is 1. The Balaban J connectivity index is 3.01. The first kappa shape index (κ1) is 40.9. The van der Waals surface area contributed by atoms with Crippen LogP contribution in [0.1, 0.15) is 81.2 Å². The quantitative estimate of drug-likeness (QED) is 0.153. The topological polar surface area (TPSA) is 169 Å². The number of rotatable bonds is 16. The van der Waals surface area contributed by atoms with Crippen molar-refractivity contribution in [1.82, 2.24) is 21.3 Å². The summed E-state index contributed by atoms with van der Waals surface area (Å²) in [5.41, 5.74) is -0.148. The van der Waals surface area contributed by atoms with Crippen LogP contribution in [0.5, 0.6) is 0 Å². The highest BCUT2D eigenvalue weighted by Gasteiger charge is 2.51. The number of ketones is 1. The molecule has 264 valence electrons. The van der Waals surface area contributed by atoms with Crippen molar-refractivity contribution in [3.63, 3.8) is 0 Å². The number of nitrogens with one attached hydrogen (secondary N) is 4. The van der Waals surface area contributed by atoms with Gasteiger partial charge in [-0.25, -0.2) is 9.59 Å². The van der Waals surface area contributed by atoms with Gasteiger partial charge in [-0.15, -0.1) is 0 Å². The van der Waals surface area contributed by atoms with Gasteiger partial charge in [0.25, 0.3) is 5.91 Å². The van der Waals surface area contributed by atoms with E-state index in [4.69, 9.17) is 9.47 Å². The van der Waals surface area contributed by atoms with Crippen LogP contribution in [0.3, 0.4) is 0 Å². The van der Waals surface area contributed by atoms with E-state index >= 15 is 8.78 Å². The van der Waals surface area contributed by atoms with Crippen LogP contribution in [0.2, 0.25) is 0 Å². The van der Waals surface area contributed by atoms with Crippen LogP contribution in [-0.2, 0) is 40.1 Å². The summed E-state index contributed by atoms with van der Waals surface area (Å²) >= 11 is 0. The van der Waals surface area contributed by atoms with Crippen LogP contribution < -0.4 is 21.3 Å². The minimum atomic E-state index is -4.66. The molecule has 5 atom stereocenters. The van der Waals surface area contributed by atoms with E-state index in [0.29, 0.717) is 6.42 Å². The molecule has 0 aliphatic heterocycles. The van der Waals surface area contributed by atoms with Gasteiger partial charge in [0.05, 0.1) is 6.04 Å². The number of alkyl halides is 2. The lowest BCUT2D eigenvalue weighted by Crippen LogP contribution is -2.61. The number of esters is 1. The Bertz CT molecular complexity index is 1250. The third-order valence-corrected chi connectivity index (χ3v) is 7.19. The maximum atomic E-state index is 15.2. The van der Waals surface area contributed by atoms with Crippen molar-refractivity contribution in [3.8, 4) is 0 Å². The van der Waals surface area contributed by atoms with Crippen molar-refractivity contribution in [3.05, 3.63) is 35.9 Å². The summed E-state index contributed by atoms with van der Waals surface area (Å²) in [6.45, 7) is 15.4. The molecule has 0 aliphatic rings. The van der Waals surface area contributed by atoms with Crippen LogP contribution in [0.15, 0.2) is 30.3 Å². The first-order valence-corrected chi connectivity index (χ1v) is 15.7. The van der Waals surface area contributed by atoms with E-state index in [-0.39, 0.29) is 6.61 Å². The van der Waals surface area contributed by atoms with Crippen LogP contribution in [0, 0.1) is 17.8 Å². The predicted octanol–water partition coefficient (Wildman–Crippen LogP) is 3.66. The average Bonchev–Trinajstić information content (AvgIpc) is 2.98. The van der Waals surface area contributed by atoms with Crippen molar-refractivity contribution in [2.45, 2.75) is 118 Å². The Morgan fingerprint density at radius 1 is 0.745 bits per heavy atom. The fourth-order valence-electron chi connectivity index (χ4n) is 4.22. The molecular formula is C33H50F2N4O8. The third-order valence-electron chi connectivity index (χ3n) is 7.19. The van der Waals surface area contributed by atoms with Gasteiger partial charge in [0.2, 0.25) is 17.6 Å². The highest BCUT2D eigenvalue weighted by atomic mass is 19.3. The lowest BCUT2D eigenvalue weighted by molar-refractivity contribution is -0.161. The normalized spacial score (nSPS) is 15.0. The molecule has 0 radical (unpaired) electrons. The maximum absolute atomic E-state index is 15.2. The van der Waals surface area contributed by atoms with Gasteiger partial charge in [0.15, 0.2) is 0 Å². The average molecular weight is 669 g/mol. The zero-order chi connectivity index (χ0) is 36.3. The van der Waals surface area contributed by atoms with Gasteiger partial charge in [0, 0.05) is 0 Å². The number of ether oxygens (including phenoxy) is 2. The molecule has 1 aromatic carbocycles. The summed E-state index contributed by atoms with van der Waals surface area (Å²) in [6, 6.07) is 3.06. The highest BCUT2D eigenvalue weighted by Crippen LogP contribution is 2.20. The molecule has 0 spiro atoms. The van der Waals surface area contributed by atoms with Crippen molar-refractivity contribution >= 4 is 35.6 Å². The standard InChI is InChI=1S/C33H50F2N4O8/c1-11-20(6)25(29(43)46-17-22-15-13-12-14-16-22)37-28(42)23(18(2)3)38-30(44)33(34,35)26(40)21(7)36-27(41)24(19(4)5)39-31(45)47-32(8,9)10/h12-16,18-21,23-25H,11,17H2,1-10H3,(H,36,41)(H,37,42)(H,38,44)(H,39,45)/t20-,21-,23-,24-,25-/m0/s1. The first-order valence-electron chi connectivity index (χ1n) is 15.7. The van der Waals surface area contributed by atoms with Gasteiger partial charge in [0.1, 0.15) is 30.3 Å². The van der Waals surface area contributed by atoms with Crippen LogP contribution >= 0.6 is 0 Å². The Morgan fingerprint density at radius 3 is 1.74 bits per heavy atom. The van der Waals surface area contributed by atoms with Gasteiger partial charge >= 0.3 is 18.0 Å². The SMILES string of the molecule is CC[C@H](C)[C@H](NC(=O)[C@@H](NC(=O)C(F)(F)C(=O)[C@H](C)NC(=O)[C@@H](NC(=O)OC(C)(C)C)C(C)C)C(C)C)C(=O)OCc1ccccc1. The molecule has 0 unspecified atom stereocenters. The van der Waals surface area contributed by atoms with E-state index in [1.807, 2.05) is 5.32 Å². The van der Waals surface area contributed by atoms with Gasteiger partial charge in [-0.1, -0.05) is 78.3 Å². The summed E-state index contributed by atoms with van der Waals surface area (Å²) < 4.78 is 40.9. The molecule has 4 N–H and O–H groups in total. The minimum absolute atomic E-state index is 0.0507. The minimum Gasteiger partial charge on any atom is -0.459 e. The van der Waals surface area contributed by atoms with Crippen molar-refractivity contribution in [1.29, 1.82) is 0 Å². The van der Waals surface area contributed by atoms with Crippen molar-refractivity contribution in [2.24, 2.45) is 17.8 Å². The van der Waals surface area contributed by atoms with Crippen molar-refractivity contribution < 1.29 is 47.0 Å². The molecule has 1 aromatic rings. The molecule has 0 saturated carbocycles. The van der Waals surface area contributed by atoms with Crippen LogP contribution in [0.4, 0.5) is 13.6 Å². The largest absolute Gasteiger partial charge is 0.459 e. The van der Waals surface area contributed by atoms with Gasteiger partial charge in [-0.3, -0.25) is 19.2 Å². The highest BCUT2D eigenvalue weighted by molar-refractivity contribution is 6.11. The Hall–Kier alpha value is -4.10. The first-order chi connectivity index (χ1) is 21.6. The number of alkyl carbamates (subject to hydrolysis) is 1. The Labute approximate surface area is 275 Å². The monoisotopic (exact) mass is 668 g/mol. The molecule has 0 saturated heterocycles. The molecule has 1 rings (SSSR count). The fraction of sp³-hybridized carbons (Fsp3) is 0.636. The second-order valence-corrected chi connectivity index (χ2v) is 13.2. The Morgan fingerprint density at radius 2 is 1.26 bits per heavy atom. The van der Waals surface area contributed by atoms with Crippen molar-refractivity contribution in [2.75, 3.05) is 0 Å². The number of carbonyl (C=O) groups is 6. The molecule has 0 aliphatic carbocycles. The molecule has 0 bridgehead atoms. The van der Waals surface area contributed by atoms with E-state index in [9.17, 15) is 28.8 Å². The van der Waals surface area contributed by atoms with Gasteiger partial charge in [-0.05, 0) is 51.0 Å². The van der Waals surface area contributed by atoms with E-state index in [1.165, 1.54) is 13.8 Å². The lowest BCUT2D eigenvalue weighted by atomic mass is 9.96. The molecular weight excluding hydrogens is 618 g/mol. The number of halogens is 2. The molecule has 12 nitrogen and oxygen atoms in total. The van der Waals surface area contributed by atoms with Gasteiger partial charge in [-0.2, -0.15) is 8.78 Å². The fourth-order valence-corrected chi connectivity index (χ4v) is 4.22. The number of benzene rings is 1. The van der Waals surface area contributed by atoms with E-state index in [2.05, 4.69) is 16.0 Å². The third kappa shape index (κ3) is 12.9. The number of amides is 4. The van der Waals surface area contributed by atoms with Crippen LogP contribution in [0.25, 0.3) is 0 Å². The zero-order valence-electron chi connectivity index (χ0n) is 28.9. The summed E-state index contributed by atoms with van der Waals surface area (Å²) in [7, 11) is 0. The molecule has 47 heavy (non-hydrogen) atoms. The summed E-state index contributed by atoms with van der Waals surface area (Å²) in [5, 5.41) is 8.92. The summed E-state index contributed by atoms with van der Waals surface area (Å²) in [4.78, 5) is 76.8. The second kappa shape index (κ2) is 17.7. The number of carbonyl (C=O) groups excluding carboxylic acids is 6. The molecule has 4 amide bonds. The smallest absolute Gasteiger partial charge is 0.408 e. The summed E-state index contributed by atoms with van der Waals surface area (Å²) in [5.74, 6) is -12.9. The molecule has 0 fully saturated rings. The lowest BCUT2D eigenvalue weighted by Gasteiger charge is -2.29. The van der Waals surface area contributed by atoms with E-state index in [0.717, 1.165) is 12.5 Å². The van der Waals surface area contributed by atoms with Gasteiger partial charge < -0.3 is 30.7 Å². The molecule has 14 heteroatoms. The zero-order valence-corrected chi connectivity index (χ0v) is 28.9. The Kier molecular flexibility index (Phi) is 15.4. The van der Waals surface area contributed by atoms with Crippen LogP contribution in [-0.4, -0.2) is 71.3 Å². The second-order valence-electron chi connectivity index (χ2n) is 13.2.